The van der Waals surface area contributed by atoms with Gasteiger partial charge in [-0.25, -0.2) is 4.98 Å². The van der Waals surface area contributed by atoms with E-state index in [9.17, 15) is 4.79 Å². The van der Waals surface area contributed by atoms with Gasteiger partial charge < -0.3 is 15.1 Å². The third-order valence-electron chi connectivity index (χ3n) is 6.41. The summed E-state index contributed by atoms with van der Waals surface area (Å²) in [6.07, 6.45) is 3.52. The fraction of sp³-hybridized carbons (Fsp3) is 0.714. The molecule has 1 aromatic rings. The monoisotopic (exact) mass is 407 g/mol. The van der Waals surface area contributed by atoms with Crippen LogP contribution in [-0.4, -0.2) is 89.5 Å². The van der Waals surface area contributed by atoms with Crippen LogP contribution in [0.2, 0.25) is 5.02 Å². The maximum absolute atomic E-state index is 13.0. The molecule has 6 nitrogen and oxygen atoms in total. The molecule has 0 saturated carbocycles. The van der Waals surface area contributed by atoms with Crippen LogP contribution in [0.25, 0.3) is 0 Å². The predicted octanol–water partition coefficient (Wildman–Crippen LogP) is 2.34. The molecule has 2 fully saturated rings. The summed E-state index contributed by atoms with van der Waals surface area (Å²) in [5, 5.41) is 3.76. The lowest BCUT2D eigenvalue weighted by Gasteiger charge is -2.48. The van der Waals surface area contributed by atoms with Crippen LogP contribution in [0, 0.1) is 0 Å². The number of amides is 1. The average molecular weight is 408 g/mol. The SMILES string of the molecule is CC1CN(CC2(NC(=O)c3ncccc3Cl)CCN(C(C)C)CC2)CCN1C. The Bertz CT molecular complexity index is 675. The lowest BCUT2D eigenvalue weighted by Crippen LogP contribution is -2.63. The van der Waals surface area contributed by atoms with Crippen LogP contribution in [-0.2, 0) is 0 Å². The molecule has 28 heavy (non-hydrogen) atoms. The van der Waals surface area contributed by atoms with Crippen molar-refractivity contribution in [3.63, 3.8) is 0 Å². The summed E-state index contributed by atoms with van der Waals surface area (Å²) in [7, 11) is 2.18. The summed E-state index contributed by atoms with van der Waals surface area (Å²) in [4.78, 5) is 24.6. The highest BCUT2D eigenvalue weighted by molar-refractivity contribution is 6.33. The quantitative estimate of drug-likeness (QED) is 0.811. The maximum atomic E-state index is 13.0. The van der Waals surface area contributed by atoms with Gasteiger partial charge in [0.15, 0.2) is 0 Å². The number of carbonyl (C=O) groups is 1. The van der Waals surface area contributed by atoms with E-state index in [0.717, 1.165) is 52.1 Å². The average Bonchev–Trinajstić information content (AvgIpc) is 2.65. The number of rotatable bonds is 5. The van der Waals surface area contributed by atoms with Crippen molar-refractivity contribution in [1.29, 1.82) is 0 Å². The number of piperidine rings is 1. The van der Waals surface area contributed by atoms with E-state index >= 15 is 0 Å². The zero-order valence-electron chi connectivity index (χ0n) is 17.6. The highest BCUT2D eigenvalue weighted by Crippen LogP contribution is 2.27. The van der Waals surface area contributed by atoms with Crippen LogP contribution in [0.1, 0.15) is 44.1 Å². The Hall–Kier alpha value is -1.21. The van der Waals surface area contributed by atoms with E-state index in [4.69, 9.17) is 11.6 Å². The highest BCUT2D eigenvalue weighted by Gasteiger charge is 2.39. The number of likely N-dealkylation sites (tertiary alicyclic amines) is 1. The molecule has 3 heterocycles. The Balaban J connectivity index is 1.75. The van der Waals surface area contributed by atoms with E-state index in [-0.39, 0.29) is 11.4 Å². The first-order valence-corrected chi connectivity index (χ1v) is 10.8. The van der Waals surface area contributed by atoms with Gasteiger partial charge in [-0.3, -0.25) is 9.69 Å². The van der Waals surface area contributed by atoms with Crippen molar-refractivity contribution in [2.75, 3.05) is 46.3 Å². The molecule has 0 aromatic carbocycles. The third-order valence-corrected chi connectivity index (χ3v) is 6.71. The second-order valence-electron chi connectivity index (χ2n) is 8.76. The predicted molar refractivity (Wildman–Crippen MR) is 114 cm³/mol. The van der Waals surface area contributed by atoms with Crippen LogP contribution in [0.4, 0.5) is 0 Å². The molecular formula is C21H34ClN5O. The van der Waals surface area contributed by atoms with Crippen molar-refractivity contribution < 1.29 is 4.79 Å². The number of halogens is 1. The fourth-order valence-electron chi connectivity index (χ4n) is 4.34. The lowest BCUT2D eigenvalue weighted by molar-refractivity contribution is 0.0410. The standard InChI is InChI=1S/C21H34ClN5O/c1-16(2)27-10-7-21(8-11-27,15-26-13-12-25(4)17(3)14-26)24-20(28)19-18(22)6-5-9-23-19/h5-6,9,16-17H,7-8,10-15H2,1-4H3,(H,24,28). The zero-order valence-corrected chi connectivity index (χ0v) is 18.4. The summed E-state index contributed by atoms with van der Waals surface area (Å²) in [5.41, 5.74) is 0.0838. The molecule has 0 aliphatic carbocycles. The Morgan fingerprint density at radius 2 is 2.04 bits per heavy atom. The van der Waals surface area contributed by atoms with Crippen molar-refractivity contribution in [2.45, 2.75) is 51.2 Å². The summed E-state index contributed by atoms with van der Waals surface area (Å²) >= 11 is 6.23. The smallest absolute Gasteiger partial charge is 0.271 e. The van der Waals surface area contributed by atoms with Gasteiger partial charge in [-0.2, -0.15) is 0 Å². The van der Waals surface area contributed by atoms with Gasteiger partial charge in [-0.05, 0) is 52.8 Å². The molecule has 0 radical (unpaired) electrons. The van der Waals surface area contributed by atoms with Gasteiger partial charge in [0.1, 0.15) is 5.69 Å². The van der Waals surface area contributed by atoms with E-state index in [1.807, 2.05) is 0 Å². The van der Waals surface area contributed by atoms with E-state index in [1.54, 1.807) is 18.3 Å². The summed E-state index contributed by atoms with van der Waals surface area (Å²) in [6, 6.07) is 4.53. The molecular weight excluding hydrogens is 374 g/mol. The lowest BCUT2D eigenvalue weighted by atomic mass is 9.85. The minimum Gasteiger partial charge on any atom is -0.344 e. The molecule has 0 spiro atoms. The maximum Gasteiger partial charge on any atom is 0.271 e. The Labute approximate surface area is 174 Å². The second kappa shape index (κ2) is 9.08. The van der Waals surface area contributed by atoms with Crippen LogP contribution in [0.5, 0.6) is 0 Å². The first-order chi connectivity index (χ1) is 13.3. The van der Waals surface area contributed by atoms with Gasteiger partial charge in [-0.1, -0.05) is 11.6 Å². The van der Waals surface area contributed by atoms with Gasteiger partial charge in [0.2, 0.25) is 0 Å². The number of carbonyl (C=O) groups excluding carboxylic acids is 1. The van der Waals surface area contributed by atoms with Crippen molar-refractivity contribution in [1.82, 2.24) is 25.0 Å². The number of pyridine rings is 1. The van der Waals surface area contributed by atoms with Gasteiger partial charge in [-0.15, -0.1) is 0 Å². The number of nitrogens with zero attached hydrogens (tertiary/aromatic N) is 4. The number of hydrogen-bond donors (Lipinski definition) is 1. The first kappa shape index (κ1) is 21.5. The number of nitrogens with one attached hydrogen (secondary N) is 1. The van der Waals surface area contributed by atoms with Crippen molar-refractivity contribution in [3.05, 3.63) is 29.0 Å². The molecule has 1 N–H and O–H groups in total. The molecule has 7 heteroatoms. The molecule has 3 rings (SSSR count). The van der Waals surface area contributed by atoms with Crippen molar-refractivity contribution in [3.8, 4) is 0 Å². The molecule has 0 bridgehead atoms. The number of hydrogen-bond acceptors (Lipinski definition) is 5. The molecule has 1 aromatic heterocycles. The van der Waals surface area contributed by atoms with E-state index < -0.39 is 0 Å². The minimum absolute atomic E-state index is 0.161. The molecule has 2 aliphatic rings. The van der Waals surface area contributed by atoms with Crippen LogP contribution < -0.4 is 5.32 Å². The van der Waals surface area contributed by atoms with Crippen molar-refractivity contribution in [2.24, 2.45) is 0 Å². The van der Waals surface area contributed by atoms with E-state index in [2.05, 4.69) is 52.8 Å². The molecule has 1 unspecified atom stereocenters. The molecule has 1 atom stereocenters. The van der Waals surface area contributed by atoms with Crippen LogP contribution in [0.15, 0.2) is 18.3 Å². The normalized spacial score (nSPS) is 24.4. The topological polar surface area (TPSA) is 51.7 Å². The molecule has 2 aliphatic heterocycles. The van der Waals surface area contributed by atoms with Gasteiger partial charge in [0, 0.05) is 57.5 Å². The summed E-state index contributed by atoms with van der Waals surface area (Å²) in [6.45, 7) is 12.8. The Morgan fingerprint density at radius 3 is 2.64 bits per heavy atom. The number of piperazine rings is 1. The van der Waals surface area contributed by atoms with Gasteiger partial charge >= 0.3 is 0 Å². The number of likely N-dealkylation sites (N-methyl/N-ethyl adjacent to an activating group) is 1. The molecule has 156 valence electrons. The Morgan fingerprint density at radius 1 is 1.32 bits per heavy atom. The first-order valence-electron chi connectivity index (χ1n) is 10.4. The van der Waals surface area contributed by atoms with Gasteiger partial charge in [0.25, 0.3) is 5.91 Å². The zero-order chi connectivity index (χ0) is 20.3. The largest absolute Gasteiger partial charge is 0.344 e. The molecule has 1 amide bonds. The second-order valence-corrected chi connectivity index (χ2v) is 9.17. The van der Waals surface area contributed by atoms with Crippen LogP contribution in [0.3, 0.4) is 0 Å². The van der Waals surface area contributed by atoms with E-state index in [1.165, 1.54) is 0 Å². The highest BCUT2D eigenvalue weighted by atomic mass is 35.5. The summed E-state index contributed by atoms with van der Waals surface area (Å²) in [5.74, 6) is -0.161. The third kappa shape index (κ3) is 5.03. The van der Waals surface area contributed by atoms with Crippen LogP contribution >= 0.6 is 11.6 Å². The van der Waals surface area contributed by atoms with Gasteiger partial charge in [0.05, 0.1) is 10.6 Å². The fourth-order valence-corrected chi connectivity index (χ4v) is 4.55. The minimum atomic E-state index is -0.237. The Kier molecular flexibility index (Phi) is 6.97. The number of aromatic nitrogens is 1. The van der Waals surface area contributed by atoms with Crippen molar-refractivity contribution >= 4 is 17.5 Å². The van der Waals surface area contributed by atoms with E-state index in [0.29, 0.717) is 22.8 Å². The summed E-state index contributed by atoms with van der Waals surface area (Å²) < 4.78 is 0. The molecule has 2 saturated heterocycles.